The first-order valence-corrected chi connectivity index (χ1v) is 9.39. The van der Waals surface area contributed by atoms with Crippen molar-refractivity contribution in [2.75, 3.05) is 0 Å². The number of Topliss-reactive ketones (excluding diaryl/α,β-unsaturated/α-hetero) is 1. The van der Waals surface area contributed by atoms with Gasteiger partial charge in [-0.25, -0.2) is 0 Å². The molecule has 0 aromatic carbocycles. The highest BCUT2D eigenvalue weighted by Crippen LogP contribution is 2.34. The summed E-state index contributed by atoms with van der Waals surface area (Å²) in [7, 11) is 0. The maximum atomic E-state index is 12.1. The number of ketones is 1. The number of allylic oxidation sites excluding steroid dienone is 1. The Morgan fingerprint density at radius 3 is 2.64 bits per heavy atom. The minimum Gasteiger partial charge on any atom is -0.481 e. The molecule has 0 bridgehead atoms. The van der Waals surface area contributed by atoms with E-state index in [1.54, 1.807) is 12.2 Å². The lowest BCUT2D eigenvalue weighted by atomic mass is 9.88. The van der Waals surface area contributed by atoms with Gasteiger partial charge >= 0.3 is 5.97 Å². The summed E-state index contributed by atoms with van der Waals surface area (Å²) in [6, 6.07) is 0. The number of aliphatic hydroxyl groups is 2. The molecule has 5 heteroatoms. The van der Waals surface area contributed by atoms with Gasteiger partial charge in [-0.3, -0.25) is 9.59 Å². The molecule has 0 saturated heterocycles. The number of carbonyl (C=O) groups is 2. The molecule has 5 nitrogen and oxygen atoms in total. The maximum Gasteiger partial charge on any atom is 0.303 e. The Morgan fingerprint density at radius 2 is 1.96 bits per heavy atom. The maximum absolute atomic E-state index is 12.1. The molecule has 0 spiro atoms. The summed E-state index contributed by atoms with van der Waals surface area (Å²) < 4.78 is 0. The lowest BCUT2D eigenvalue weighted by Crippen LogP contribution is -2.19. The third-order valence-electron chi connectivity index (χ3n) is 4.72. The molecule has 1 fully saturated rings. The molecule has 1 aliphatic carbocycles. The van der Waals surface area contributed by atoms with Gasteiger partial charge in [0.1, 0.15) is 5.78 Å². The van der Waals surface area contributed by atoms with E-state index >= 15 is 0 Å². The van der Waals surface area contributed by atoms with E-state index in [0.717, 1.165) is 25.7 Å². The zero-order chi connectivity index (χ0) is 18.7. The third-order valence-corrected chi connectivity index (χ3v) is 4.72. The molecule has 0 radical (unpaired) electrons. The Balaban J connectivity index is 2.43. The number of unbranched alkanes of at least 4 members (excludes halogenated alkanes) is 3. The van der Waals surface area contributed by atoms with Crippen LogP contribution in [0.2, 0.25) is 0 Å². The van der Waals surface area contributed by atoms with Crippen LogP contribution < -0.4 is 0 Å². The molecule has 1 rings (SSSR count). The Kier molecular flexibility index (Phi) is 10.3. The summed E-state index contributed by atoms with van der Waals surface area (Å²) in [4.78, 5) is 22.6. The lowest BCUT2D eigenvalue weighted by Gasteiger charge is -2.18. The average Bonchev–Trinajstić information content (AvgIpc) is 2.82. The number of aliphatic carboxylic acids is 1. The number of carbonyl (C=O) groups excluding carboxylic acids is 1. The molecular formula is C20H32O5. The van der Waals surface area contributed by atoms with Gasteiger partial charge in [-0.2, -0.15) is 0 Å². The Morgan fingerprint density at radius 1 is 1.24 bits per heavy atom. The van der Waals surface area contributed by atoms with E-state index in [1.165, 1.54) is 0 Å². The van der Waals surface area contributed by atoms with Crippen LogP contribution in [0.3, 0.4) is 0 Å². The van der Waals surface area contributed by atoms with Gasteiger partial charge in [-0.1, -0.05) is 50.5 Å². The molecule has 25 heavy (non-hydrogen) atoms. The quantitative estimate of drug-likeness (QED) is 0.370. The predicted octanol–water partition coefficient (Wildman–Crippen LogP) is 3.25. The molecule has 3 N–H and O–H groups in total. The first-order chi connectivity index (χ1) is 12.0. The summed E-state index contributed by atoms with van der Waals surface area (Å²) in [6.45, 7) is 2.03. The van der Waals surface area contributed by atoms with Crippen LogP contribution in [0, 0.1) is 11.8 Å². The van der Waals surface area contributed by atoms with Crippen molar-refractivity contribution >= 4 is 11.8 Å². The summed E-state index contributed by atoms with van der Waals surface area (Å²) in [5.74, 6) is -1.10. The lowest BCUT2D eigenvalue weighted by molar-refractivity contribution is -0.137. The van der Waals surface area contributed by atoms with Crippen LogP contribution in [0.1, 0.15) is 64.7 Å². The van der Waals surface area contributed by atoms with Gasteiger partial charge in [-0.15, -0.1) is 0 Å². The van der Waals surface area contributed by atoms with Crippen LogP contribution in [-0.4, -0.2) is 39.3 Å². The largest absolute Gasteiger partial charge is 0.481 e. The van der Waals surface area contributed by atoms with Crippen LogP contribution >= 0.6 is 0 Å². The SMILES string of the molecule is CCC=CC[C@H](O)/C=C/[C@H]1[C@H](O)CC(=O)[C@@H]1CCCCCCC(=O)O. The fourth-order valence-electron chi connectivity index (χ4n) is 3.32. The first kappa shape index (κ1) is 21.6. The highest BCUT2D eigenvalue weighted by molar-refractivity contribution is 5.84. The number of carboxylic acid groups (broad SMARTS) is 1. The van der Waals surface area contributed by atoms with E-state index < -0.39 is 18.2 Å². The van der Waals surface area contributed by atoms with Crippen molar-refractivity contribution in [2.45, 2.75) is 76.9 Å². The predicted molar refractivity (Wildman–Crippen MR) is 97.1 cm³/mol. The zero-order valence-corrected chi connectivity index (χ0v) is 15.1. The molecule has 142 valence electrons. The standard InChI is InChI=1S/C20H32O5/c1-2-3-6-9-15(21)12-13-17-16(18(22)14-19(17)23)10-7-4-5-8-11-20(24)25/h3,6,12-13,15-17,19,21,23H,2,4-5,7-11,14H2,1H3,(H,24,25)/b6-3?,13-12+/t15-,16+,17+,19+/m0/s1. The number of aliphatic hydroxyl groups excluding tert-OH is 2. The molecule has 0 amide bonds. The molecular weight excluding hydrogens is 320 g/mol. The van der Waals surface area contributed by atoms with Gasteiger partial charge < -0.3 is 15.3 Å². The molecule has 0 aromatic heterocycles. The second-order valence-electron chi connectivity index (χ2n) is 6.84. The fourth-order valence-corrected chi connectivity index (χ4v) is 3.32. The van der Waals surface area contributed by atoms with Crippen molar-refractivity contribution in [2.24, 2.45) is 11.8 Å². The molecule has 0 aromatic rings. The average molecular weight is 352 g/mol. The van der Waals surface area contributed by atoms with Gasteiger partial charge in [0.05, 0.1) is 12.2 Å². The smallest absolute Gasteiger partial charge is 0.303 e. The van der Waals surface area contributed by atoms with E-state index in [4.69, 9.17) is 5.11 Å². The summed E-state index contributed by atoms with van der Waals surface area (Å²) in [6.07, 6.45) is 12.0. The number of carboxylic acids is 1. The van der Waals surface area contributed by atoms with Crippen LogP contribution in [-0.2, 0) is 9.59 Å². The molecule has 0 unspecified atom stereocenters. The number of rotatable bonds is 12. The summed E-state index contributed by atoms with van der Waals surface area (Å²) in [5, 5.41) is 28.7. The van der Waals surface area contributed by atoms with Gasteiger partial charge in [0.25, 0.3) is 0 Å². The van der Waals surface area contributed by atoms with Crippen molar-refractivity contribution in [3.63, 3.8) is 0 Å². The molecule has 1 saturated carbocycles. The minimum atomic E-state index is -0.772. The molecule has 4 atom stereocenters. The van der Waals surface area contributed by atoms with Crippen molar-refractivity contribution in [3.05, 3.63) is 24.3 Å². The van der Waals surface area contributed by atoms with Gasteiger partial charge in [0.15, 0.2) is 0 Å². The van der Waals surface area contributed by atoms with Crippen molar-refractivity contribution in [1.82, 2.24) is 0 Å². The highest BCUT2D eigenvalue weighted by atomic mass is 16.4. The normalized spacial score (nSPS) is 25.2. The van der Waals surface area contributed by atoms with E-state index in [2.05, 4.69) is 0 Å². The fraction of sp³-hybridized carbons (Fsp3) is 0.700. The van der Waals surface area contributed by atoms with Gasteiger partial charge in [-0.05, 0) is 25.7 Å². The first-order valence-electron chi connectivity index (χ1n) is 9.39. The van der Waals surface area contributed by atoms with Gasteiger partial charge in [0.2, 0.25) is 0 Å². The van der Waals surface area contributed by atoms with E-state index in [9.17, 15) is 19.8 Å². The van der Waals surface area contributed by atoms with Crippen LogP contribution in [0.4, 0.5) is 0 Å². The van der Waals surface area contributed by atoms with Crippen molar-refractivity contribution < 1.29 is 24.9 Å². The molecule has 0 heterocycles. The van der Waals surface area contributed by atoms with Crippen molar-refractivity contribution in [1.29, 1.82) is 0 Å². The third kappa shape index (κ3) is 8.45. The van der Waals surface area contributed by atoms with Crippen LogP contribution in [0.15, 0.2) is 24.3 Å². The topological polar surface area (TPSA) is 94.8 Å². The Bertz CT molecular complexity index is 469. The minimum absolute atomic E-state index is 0.0908. The Labute approximate surface area is 150 Å². The van der Waals surface area contributed by atoms with E-state index in [1.807, 2.05) is 19.1 Å². The summed E-state index contributed by atoms with van der Waals surface area (Å²) >= 11 is 0. The second-order valence-corrected chi connectivity index (χ2v) is 6.84. The van der Waals surface area contributed by atoms with Crippen molar-refractivity contribution in [3.8, 4) is 0 Å². The monoisotopic (exact) mass is 352 g/mol. The molecule has 0 aliphatic heterocycles. The number of hydrogen-bond acceptors (Lipinski definition) is 4. The van der Waals surface area contributed by atoms with Crippen LogP contribution in [0.25, 0.3) is 0 Å². The van der Waals surface area contributed by atoms with E-state index in [-0.39, 0.29) is 30.5 Å². The molecule has 1 aliphatic rings. The van der Waals surface area contributed by atoms with Gasteiger partial charge in [0, 0.05) is 24.7 Å². The van der Waals surface area contributed by atoms with E-state index in [0.29, 0.717) is 19.3 Å². The van der Waals surface area contributed by atoms with Crippen LogP contribution in [0.5, 0.6) is 0 Å². The second kappa shape index (κ2) is 12.0. The number of hydrogen-bond donors (Lipinski definition) is 3. The summed E-state index contributed by atoms with van der Waals surface area (Å²) in [5.41, 5.74) is 0. The zero-order valence-electron chi connectivity index (χ0n) is 15.1. The Hall–Kier alpha value is -1.46. The highest BCUT2D eigenvalue weighted by Gasteiger charge is 2.39.